The van der Waals surface area contributed by atoms with Crippen LogP contribution in [0.25, 0.3) is 11.3 Å². The van der Waals surface area contributed by atoms with Gasteiger partial charge in [0.2, 0.25) is 0 Å². The lowest BCUT2D eigenvalue weighted by Crippen LogP contribution is -2.36. The van der Waals surface area contributed by atoms with Gasteiger partial charge in [0.05, 0.1) is 17.4 Å². The van der Waals surface area contributed by atoms with E-state index >= 15 is 0 Å². The Hall–Kier alpha value is -4.44. The molecule has 6 rings (SSSR count). The molecule has 4 heteroatoms. The summed E-state index contributed by atoms with van der Waals surface area (Å²) < 4.78 is 2.21. The summed E-state index contributed by atoms with van der Waals surface area (Å²) in [4.78, 5) is 16.7. The number of hydrogen-bond acceptors (Lipinski definition) is 2. The third-order valence-corrected chi connectivity index (χ3v) is 8.29. The van der Waals surface area contributed by atoms with Gasteiger partial charge in [0.25, 0.3) is 0 Å². The molecule has 0 bridgehead atoms. The average molecular weight is 499 g/mol. The summed E-state index contributed by atoms with van der Waals surface area (Å²) in [6.07, 6.45) is 5.40. The molecule has 2 atom stereocenters. The van der Waals surface area contributed by atoms with Crippen LogP contribution in [0.3, 0.4) is 0 Å². The largest absolute Gasteiger partial charge is 0.481 e. The van der Waals surface area contributed by atoms with Crippen molar-refractivity contribution < 1.29 is 9.90 Å². The van der Waals surface area contributed by atoms with Crippen LogP contribution < -0.4 is 0 Å². The van der Waals surface area contributed by atoms with Gasteiger partial charge in [-0.15, -0.1) is 0 Å². The lowest BCUT2D eigenvalue weighted by atomic mass is 9.77. The van der Waals surface area contributed by atoms with Crippen LogP contribution in [-0.2, 0) is 10.3 Å². The van der Waals surface area contributed by atoms with E-state index in [1.807, 2.05) is 31.5 Å². The van der Waals surface area contributed by atoms with E-state index in [0.29, 0.717) is 12.8 Å². The number of carboxylic acids is 1. The lowest BCUT2D eigenvalue weighted by molar-refractivity contribution is -0.143. The van der Waals surface area contributed by atoms with Crippen molar-refractivity contribution in [2.75, 3.05) is 0 Å². The van der Waals surface area contributed by atoms with Gasteiger partial charge in [0, 0.05) is 17.7 Å². The smallest absolute Gasteiger partial charge is 0.310 e. The van der Waals surface area contributed by atoms with Crippen LogP contribution in [0, 0.1) is 5.41 Å². The van der Waals surface area contributed by atoms with Gasteiger partial charge in [-0.1, -0.05) is 122 Å². The maximum Gasteiger partial charge on any atom is 0.310 e. The molecule has 0 saturated heterocycles. The molecule has 1 aromatic heterocycles. The summed E-state index contributed by atoms with van der Waals surface area (Å²) >= 11 is 0. The number of carboxylic acid groups (broad SMARTS) is 1. The summed E-state index contributed by atoms with van der Waals surface area (Å²) in [5.74, 6) is -0.606. The van der Waals surface area contributed by atoms with E-state index in [9.17, 15) is 9.90 Å². The topological polar surface area (TPSA) is 55.1 Å². The highest BCUT2D eigenvalue weighted by molar-refractivity contribution is 5.80. The second-order valence-electron chi connectivity index (χ2n) is 10.2. The molecule has 0 aliphatic heterocycles. The Morgan fingerprint density at radius 3 is 1.76 bits per heavy atom. The maximum absolute atomic E-state index is 11.8. The first-order chi connectivity index (χ1) is 18.6. The monoisotopic (exact) mass is 498 g/mol. The van der Waals surface area contributed by atoms with Crippen LogP contribution in [0.1, 0.15) is 47.9 Å². The first-order valence-electron chi connectivity index (χ1n) is 13.1. The fourth-order valence-corrected chi connectivity index (χ4v) is 6.05. The van der Waals surface area contributed by atoms with Gasteiger partial charge in [0.1, 0.15) is 5.54 Å². The molecular formula is C34H30N2O2. The predicted octanol–water partition coefficient (Wildman–Crippen LogP) is 7.36. The molecule has 38 heavy (non-hydrogen) atoms. The van der Waals surface area contributed by atoms with Crippen LogP contribution in [0.2, 0.25) is 0 Å². The summed E-state index contributed by atoms with van der Waals surface area (Å²) in [6.45, 7) is 1.97. The lowest BCUT2D eigenvalue weighted by Gasteiger charge is -2.37. The van der Waals surface area contributed by atoms with E-state index in [4.69, 9.17) is 4.98 Å². The minimum atomic E-state index is -0.688. The summed E-state index contributed by atoms with van der Waals surface area (Å²) in [7, 11) is 0. The van der Waals surface area contributed by atoms with Gasteiger partial charge in [-0.05, 0) is 35.1 Å². The summed E-state index contributed by atoms with van der Waals surface area (Å²) in [5, 5.41) is 9.72. The van der Waals surface area contributed by atoms with Crippen molar-refractivity contribution >= 4 is 5.97 Å². The summed E-state index contributed by atoms with van der Waals surface area (Å²) in [5.41, 5.74) is 5.20. The number of imidazole rings is 1. The molecule has 0 radical (unpaired) electrons. The first kappa shape index (κ1) is 23.9. The Kier molecular flexibility index (Phi) is 5.96. The van der Waals surface area contributed by atoms with Gasteiger partial charge in [-0.3, -0.25) is 4.79 Å². The maximum atomic E-state index is 11.8. The molecule has 1 aliphatic carbocycles. The Labute approximate surface area is 223 Å². The van der Waals surface area contributed by atoms with E-state index in [1.165, 1.54) is 0 Å². The Morgan fingerprint density at radius 2 is 1.34 bits per heavy atom. The molecule has 1 heterocycles. The fourth-order valence-electron chi connectivity index (χ4n) is 6.05. The minimum Gasteiger partial charge on any atom is -0.481 e. The number of hydrogen-bond donors (Lipinski definition) is 1. The molecule has 188 valence electrons. The molecule has 1 aliphatic rings. The molecule has 4 aromatic carbocycles. The molecular weight excluding hydrogens is 468 g/mol. The Morgan fingerprint density at radius 1 is 0.842 bits per heavy atom. The zero-order valence-electron chi connectivity index (χ0n) is 21.4. The predicted molar refractivity (Wildman–Crippen MR) is 150 cm³/mol. The molecule has 1 fully saturated rings. The third-order valence-electron chi connectivity index (χ3n) is 8.29. The zero-order valence-corrected chi connectivity index (χ0v) is 21.4. The number of rotatable bonds is 8. The van der Waals surface area contributed by atoms with Crippen molar-refractivity contribution in [1.29, 1.82) is 0 Å². The van der Waals surface area contributed by atoms with E-state index in [-0.39, 0.29) is 5.92 Å². The second-order valence-corrected chi connectivity index (χ2v) is 10.2. The van der Waals surface area contributed by atoms with E-state index in [0.717, 1.165) is 33.5 Å². The normalized spacial score (nSPS) is 18.7. The van der Waals surface area contributed by atoms with Gasteiger partial charge in [0.15, 0.2) is 0 Å². The standard InChI is InChI=1S/C34H30N2O2/c1-2-33(32(37)38)22-30(33)25-18-20-26(21-19-25)31-23-36(24-35-31)34(27-12-6-3-7-13-27,28-14-8-4-9-15-28)29-16-10-5-11-17-29/h3-21,23-24,30H,2,22H2,1H3,(H,37,38)/t30-,33-/m0/s1. The van der Waals surface area contributed by atoms with Crippen molar-refractivity contribution in [2.45, 2.75) is 31.2 Å². The van der Waals surface area contributed by atoms with Crippen LogP contribution in [-0.4, -0.2) is 20.6 Å². The molecule has 0 amide bonds. The number of aliphatic carboxylic acids is 1. The van der Waals surface area contributed by atoms with Crippen LogP contribution in [0.5, 0.6) is 0 Å². The number of aromatic nitrogens is 2. The first-order valence-corrected chi connectivity index (χ1v) is 13.1. The minimum absolute atomic E-state index is 0.0819. The Balaban J connectivity index is 1.45. The van der Waals surface area contributed by atoms with Crippen molar-refractivity contribution in [1.82, 2.24) is 9.55 Å². The van der Waals surface area contributed by atoms with Crippen LogP contribution >= 0.6 is 0 Å². The quantitative estimate of drug-likeness (QED) is 0.227. The fraction of sp³-hybridized carbons (Fsp3) is 0.176. The SMILES string of the molecule is CC[C@]1(C(=O)O)C[C@H]1c1ccc(-c2cn(C(c3ccccc3)(c3ccccc3)c3ccccc3)cn2)cc1. The van der Waals surface area contributed by atoms with E-state index < -0.39 is 16.9 Å². The zero-order chi connectivity index (χ0) is 26.2. The second kappa shape index (κ2) is 9.46. The van der Waals surface area contributed by atoms with Gasteiger partial charge in [-0.25, -0.2) is 4.98 Å². The van der Waals surface area contributed by atoms with Crippen LogP contribution in [0.15, 0.2) is 128 Å². The molecule has 5 aromatic rings. The van der Waals surface area contributed by atoms with Crippen molar-refractivity contribution in [3.8, 4) is 11.3 Å². The highest BCUT2D eigenvalue weighted by Gasteiger charge is 2.59. The number of nitrogens with zero attached hydrogens (tertiary/aromatic N) is 2. The molecule has 0 unspecified atom stereocenters. The highest BCUT2D eigenvalue weighted by atomic mass is 16.4. The van der Waals surface area contributed by atoms with Gasteiger partial charge < -0.3 is 9.67 Å². The van der Waals surface area contributed by atoms with Crippen molar-refractivity contribution in [2.24, 2.45) is 5.41 Å². The van der Waals surface area contributed by atoms with E-state index in [2.05, 4.69) is 108 Å². The number of carbonyl (C=O) groups is 1. The molecule has 4 nitrogen and oxygen atoms in total. The van der Waals surface area contributed by atoms with E-state index in [1.54, 1.807) is 0 Å². The van der Waals surface area contributed by atoms with Crippen molar-refractivity contribution in [3.05, 3.63) is 150 Å². The van der Waals surface area contributed by atoms with Crippen LogP contribution in [0.4, 0.5) is 0 Å². The number of benzene rings is 4. The van der Waals surface area contributed by atoms with Crippen molar-refractivity contribution in [3.63, 3.8) is 0 Å². The van der Waals surface area contributed by atoms with Gasteiger partial charge >= 0.3 is 5.97 Å². The molecule has 1 saturated carbocycles. The molecule has 0 spiro atoms. The molecule has 1 N–H and O–H groups in total. The summed E-state index contributed by atoms with van der Waals surface area (Å²) in [6, 6.07) is 39.9. The average Bonchev–Trinajstić information content (AvgIpc) is 3.55. The third kappa shape index (κ3) is 3.76. The highest BCUT2D eigenvalue weighted by Crippen LogP contribution is 2.61. The Bertz CT molecular complexity index is 1450. The van der Waals surface area contributed by atoms with Gasteiger partial charge in [-0.2, -0.15) is 0 Å².